The van der Waals surface area contributed by atoms with Crippen molar-refractivity contribution in [2.75, 3.05) is 45.2 Å². The number of halogens is 4. The van der Waals surface area contributed by atoms with Crippen LogP contribution in [0.5, 0.6) is 0 Å². The van der Waals surface area contributed by atoms with E-state index in [1.165, 1.54) is 11.9 Å². The number of benzene rings is 1. The van der Waals surface area contributed by atoms with Crippen molar-refractivity contribution in [2.24, 2.45) is 4.99 Å². The molecule has 1 aliphatic rings. The van der Waals surface area contributed by atoms with E-state index in [4.69, 9.17) is 0 Å². The molecular weight excluding hydrogens is 474 g/mol. The Balaban J connectivity index is 0.00000364. The van der Waals surface area contributed by atoms with Crippen LogP contribution in [0.2, 0.25) is 0 Å². The Hall–Kier alpha value is -1.56. The number of guanidine groups is 1. The van der Waals surface area contributed by atoms with Gasteiger partial charge in [0.1, 0.15) is 0 Å². The summed E-state index contributed by atoms with van der Waals surface area (Å²) in [6.07, 6.45) is -3.87. The zero-order valence-electron chi connectivity index (χ0n) is 15.3. The largest absolute Gasteiger partial charge is 0.401 e. The molecule has 1 saturated heterocycles. The molecule has 1 aliphatic heterocycles. The summed E-state index contributed by atoms with van der Waals surface area (Å²) < 4.78 is 36.9. The van der Waals surface area contributed by atoms with Gasteiger partial charge in [-0.2, -0.15) is 13.2 Å². The Labute approximate surface area is 174 Å². The number of alkyl halides is 3. The maximum atomic E-state index is 12.3. The summed E-state index contributed by atoms with van der Waals surface area (Å²) >= 11 is 0. The fourth-order valence-electron chi connectivity index (χ4n) is 2.80. The van der Waals surface area contributed by atoms with E-state index < -0.39 is 12.7 Å². The number of carbonyl (C=O) groups excluding carboxylic acids is 1. The second-order valence-electron chi connectivity index (χ2n) is 6.24. The minimum Gasteiger partial charge on any atom is -0.355 e. The number of rotatable bonds is 6. The van der Waals surface area contributed by atoms with Crippen LogP contribution in [0, 0.1) is 0 Å². The highest BCUT2D eigenvalue weighted by molar-refractivity contribution is 14.0. The number of anilines is 1. The van der Waals surface area contributed by atoms with Gasteiger partial charge in [0.15, 0.2) is 5.96 Å². The Morgan fingerprint density at radius 1 is 1.33 bits per heavy atom. The number of hydrogen-bond acceptors (Lipinski definition) is 3. The van der Waals surface area contributed by atoms with Gasteiger partial charge in [0, 0.05) is 38.8 Å². The first-order valence-corrected chi connectivity index (χ1v) is 8.36. The van der Waals surface area contributed by atoms with E-state index in [0.717, 1.165) is 5.69 Å². The molecule has 6 nitrogen and oxygen atoms in total. The fraction of sp³-hybridized carbons (Fsp3) is 0.529. The summed E-state index contributed by atoms with van der Waals surface area (Å²) in [4.78, 5) is 19.2. The van der Waals surface area contributed by atoms with Crippen LogP contribution in [-0.2, 0) is 4.79 Å². The molecule has 1 amide bonds. The molecular formula is C17H25F3IN5O. The van der Waals surface area contributed by atoms with Gasteiger partial charge in [0.2, 0.25) is 5.91 Å². The van der Waals surface area contributed by atoms with Crippen molar-refractivity contribution < 1.29 is 18.0 Å². The highest BCUT2D eigenvalue weighted by Gasteiger charge is 2.31. The average Bonchev–Trinajstić information content (AvgIpc) is 2.93. The van der Waals surface area contributed by atoms with Crippen LogP contribution in [-0.4, -0.2) is 69.3 Å². The van der Waals surface area contributed by atoms with Crippen LogP contribution in [0.25, 0.3) is 0 Å². The Kier molecular flexibility index (Phi) is 9.30. The molecule has 152 valence electrons. The van der Waals surface area contributed by atoms with Crippen LogP contribution < -0.4 is 15.5 Å². The van der Waals surface area contributed by atoms with Gasteiger partial charge in [-0.25, -0.2) is 0 Å². The zero-order valence-corrected chi connectivity index (χ0v) is 17.6. The monoisotopic (exact) mass is 499 g/mol. The molecule has 1 fully saturated rings. The highest BCUT2D eigenvalue weighted by Crippen LogP contribution is 2.21. The first-order valence-electron chi connectivity index (χ1n) is 8.36. The number of nitrogens with one attached hydrogen (secondary N) is 2. The topological polar surface area (TPSA) is 60.0 Å². The van der Waals surface area contributed by atoms with Gasteiger partial charge in [-0.1, -0.05) is 18.2 Å². The lowest BCUT2D eigenvalue weighted by Crippen LogP contribution is -2.46. The molecule has 0 saturated carbocycles. The van der Waals surface area contributed by atoms with E-state index in [1.54, 1.807) is 11.9 Å². The van der Waals surface area contributed by atoms with E-state index in [0.29, 0.717) is 25.5 Å². The van der Waals surface area contributed by atoms with Gasteiger partial charge in [0.25, 0.3) is 0 Å². The van der Waals surface area contributed by atoms with Crippen molar-refractivity contribution in [2.45, 2.75) is 18.6 Å². The Morgan fingerprint density at radius 3 is 2.59 bits per heavy atom. The normalized spacial score (nSPS) is 17.9. The molecule has 2 N–H and O–H groups in total. The number of para-hydroxylation sites is 1. The van der Waals surface area contributed by atoms with Gasteiger partial charge in [-0.05, 0) is 19.2 Å². The second-order valence-corrected chi connectivity index (χ2v) is 6.24. The molecule has 1 atom stereocenters. The van der Waals surface area contributed by atoms with Crippen LogP contribution in [0.15, 0.2) is 35.3 Å². The third-order valence-corrected chi connectivity index (χ3v) is 3.99. The van der Waals surface area contributed by atoms with Crippen molar-refractivity contribution >= 4 is 41.5 Å². The van der Waals surface area contributed by atoms with Crippen molar-refractivity contribution in [1.29, 1.82) is 0 Å². The molecule has 0 bridgehead atoms. The summed E-state index contributed by atoms with van der Waals surface area (Å²) in [7, 11) is 3.00. The van der Waals surface area contributed by atoms with E-state index in [2.05, 4.69) is 15.6 Å². The van der Waals surface area contributed by atoms with Gasteiger partial charge in [-0.15, -0.1) is 24.0 Å². The zero-order chi connectivity index (χ0) is 19.2. The molecule has 0 spiro atoms. The lowest BCUT2D eigenvalue weighted by atomic mass is 10.2. The number of amides is 1. The SMILES string of the molecule is CN=C(NCCN(C)CC(F)(F)F)NC1CC(=O)N(c2ccccc2)C1.I. The number of hydrogen-bond donors (Lipinski definition) is 2. The van der Waals surface area contributed by atoms with Gasteiger partial charge < -0.3 is 15.5 Å². The quantitative estimate of drug-likeness (QED) is 0.358. The number of carbonyl (C=O) groups is 1. The minimum absolute atomic E-state index is 0. The second kappa shape index (κ2) is 10.7. The van der Waals surface area contributed by atoms with Crippen molar-refractivity contribution in [3.63, 3.8) is 0 Å². The van der Waals surface area contributed by atoms with Crippen LogP contribution in [0.3, 0.4) is 0 Å². The lowest BCUT2D eigenvalue weighted by Gasteiger charge is -2.21. The Morgan fingerprint density at radius 2 is 2.00 bits per heavy atom. The summed E-state index contributed by atoms with van der Waals surface area (Å²) in [5.41, 5.74) is 0.846. The van der Waals surface area contributed by atoms with Crippen LogP contribution in [0.1, 0.15) is 6.42 Å². The Bertz CT molecular complexity index is 627. The van der Waals surface area contributed by atoms with E-state index in [1.807, 2.05) is 30.3 Å². The highest BCUT2D eigenvalue weighted by atomic mass is 127. The van der Waals surface area contributed by atoms with Crippen molar-refractivity contribution in [3.8, 4) is 0 Å². The predicted molar refractivity (Wildman–Crippen MR) is 111 cm³/mol. The maximum Gasteiger partial charge on any atom is 0.401 e. The fourth-order valence-corrected chi connectivity index (χ4v) is 2.80. The van der Waals surface area contributed by atoms with E-state index in [9.17, 15) is 18.0 Å². The lowest BCUT2D eigenvalue weighted by molar-refractivity contribution is -0.142. The maximum absolute atomic E-state index is 12.3. The standard InChI is InChI=1S/C17H24F3N5O.HI/c1-21-16(22-8-9-24(2)12-17(18,19)20)23-13-10-15(26)25(11-13)14-6-4-3-5-7-14;/h3-7,13H,8-12H2,1-2H3,(H2,21,22,23);1H. The molecule has 27 heavy (non-hydrogen) atoms. The minimum atomic E-state index is -4.21. The number of nitrogens with zero attached hydrogens (tertiary/aromatic N) is 3. The van der Waals surface area contributed by atoms with Crippen molar-refractivity contribution in [1.82, 2.24) is 15.5 Å². The van der Waals surface area contributed by atoms with Gasteiger partial charge in [-0.3, -0.25) is 14.7 Å². The van der Waals surface area contributed by atoms with Gasteiger partial charge in [0.05, 0.1) is 12.6 Å². The first kappa shape index (κ1) is 23.5. The third-order valence-electron chi connectivity index (χ3n) is 3.99. The summed E-state index contributed by atoms with van der Waals surface area (Å²) in [5.74, 6) is 0.493. The molecule has 0 radical (unpaired) electrons. The molecule has 1 unspecified atom stereocenters. The molecule has 0 aliphatic carbocycles. The smallest absolute Gasteiger partial charge is 0.355 e. The molecule has 10 heteroatoms. The van der Waals surface area contributed by atoms with Crippen molar-refractivity contribution in [3.05, 3.63) is 30.3 Å². The summed E-state index contributed by atoms with van der Waals surface area (Å²) in [6, 6.07) is 9.29. The molecule has 1 aromatic carbocycles. The van der Waals surface area contributed by atoms with Crippen LogP contribution in [0.4, 0.5) is 18.9 Å². The number of aliphatic imine (C=N–C) groups is 1. The molecule has 0 aromatic heterocycles. The first-order chi connectivity index (χ1) is 12.3. The van der Waals surface area contributed by atoms with Gasteiger partial charge >= 0.3 is 6.18 Å². The summed E-state index contributed by atoms with van der Waals surface area (Å²) in [5, 5.41) is 6.14. The van der Waals surface area contributed by atoms with E-state index in [-0.39, 0.29) is 42.5 Å². The molecule has 2 rings (SSSR count). The molecule has 1 heterocycles. The number of likely N-dealkylation sites (N-methyl/N-ethyl adjacent to an activating group) is 1. The predicted octanol–water partition coefficient (Wildman–Crippen LogP) is 2.07. The van der Waals surface area contributed by atoms with E-state index >= 15 is 0 Å². The summed E-state index contributed by atoms with van der Waals surface area (Å²) in [6.45, 7) is 0.0939. The average molecular weight is 499 g/mol. The molecule has 1 aromatic rings. The third kappa shape index (κ3) is 7.91. The van der Waals surface area contributed by atoms with Crippen LogP contribution >= 0.6 is 24.0 Å².